The number of hydrogen-bond donors (Lipinski definition) is 0. The molecule has 0 aliphatic carbocycles. The zero-order valence-electron chi connectivity index (χ0n) is 19.1. The Morgan fingerprint density at radius 2 is 1.00 bits per heavy atom. The molecule has 0 bridgehead atoms. The summed E-state index contributed by atoms with van der Waals surface area (Å²) in [7, 11) is -3.04. The van der Waals surface area contributed by atoms with Gasteiger partial charge in [-0.3, -0.25) is 0 Å². The monoisotopic (exact) mass is 428 g/mol. The normalized spacial score (nSPS) is 11.9. The Bertz CT molecular complexity index is 871. The van der Waals surface area contributed by atoms with Gasteiger partial charge in [-0.1, -0.05) is 139 Å². The predicted octanol–water partition coefficient (Wildman–Crippen LogP) is 6.78. The molecule has 3 rings (SSSR count). The first-order valence-electron chi connectivity index (χ1n) is 11.2. The van der Waals surface area contributed by atoms with Crippen LogP contribution in [0, 0.1) is 0 Å². The molecule has 0 aromatic heterocycles. The van der Waals surface area contributed by atoms with Crippen LogP contribution < -0.4 is 10.4 Å². The molecule has 0 fully saturated rings. The van der Waals surface area contributed by atoms with E-state index < -0.39 is 16.1 Å². The van der Waals surface area contributed by atoms with Crippen LogP contribution in [0.5, 0.6) is 0 Å². The molecule has 0 N–H and O–H groups in total. The quantitative estimate of drug-likeness (QED) is 0.260. The van der Waals surface area contributed by atoms with Crippen LogP contribution in [0.25, 0.3) is 0 Å². The van der Waals surface area contributed by atoms with Crippen molar-refractivity contribution >= 4 is 26.5 Å². The minimum atomic E-state index is -1.52. The summed E-state index contributed by atoms with van der Waals surface area (Å²) >= 11 is 0. The van der Waals surface area contributed by atoms with Gasteiger partial charge in [0.1, 0.15) is 0 Å². The van der Waals surface area contributed by atoms with E-state index in [1.54, 1.807) is 15.9 Å². The fraction of sp³-hybridized carbons (Fsp3) is 0.286. The molecule has 0 unspecified atom stereocenters. The molecule has 0 spiro atoms. The molecule has 3 aromatic rings. The highest BCUT2D eigenvalue weighted by Crippen LogP contribution is 2.26. The van der Waals surface area contributed by atoms with Gasteiger partial charge in [-0.05, 0) is 30.5 Å². The highest BCUT2D eigenvalue weighted by Gasteiger charge is 2.29. The predicted molar refractivity (Wildman–Crippen MR) is 140 cm³/mol. The van der Waals surface area contributed by atoms with Gasteiger partial charge in [0.25, 0.3) is 0 Å². The van der Waals surface area contributed by atoms with E-state index in [0.717, 1.165) is 12.8 Å². The van der Waals surface area contributed by atoms with Gasteiger partial charge < -0.3 is 0 Å². The number of benzene rings is 3. The van der Waals surface area contributed by atoms with Crippen LogP contribution in [0.4, 0.5) is 0 Å². The standard InChI is InChI=1S/C28H36Si2/c1-29(2,27-19-10-6-11-20-27)23-26(18-14-17-25-15-8-5-9-16-25)24-30(3,4)28-21-12-7-13-22-28/h5-13,15-16,18-22H,14,17,23-24H2,1-4H3. The highest BCUT2D eigenvalue weighted by molar-refractivity contribution is 6.92. The number of rotatable bonds is 9. The molecule has 0 amide bonds. The summed E-state index contributed by atoms with van der Waals surface area (Å²) in [6.45, 7) is 10.1. The van der Waals surface area contributed by atoms with Crippen molar-refractivity contribution in [2.24, 2.45) is 0 Å². The van der Waals surface area contributed by atoms with Crippen molar-refractivity contribution in [3.05, 3.63) is 108 Å². The first-order chi connectivity index (χ1) is 14.4. The third kappa shape index (κ3) is 6.42. The van der Waals surface area contributed by atoms with Gasteiger partial charge in [0.2, 0.25) is 0 Å². The van der Waals surface area contributed by atoms with Gasteiger partial charge >= 0.3 is 0 Å². The van der Waals surface area contributed by atoms with E-state index in [1.165, 1.54) is 17.7 Å². The first-order valence-corrected chi connectivity index (χ1v) is 17.6. The topological polar surface area (TPSA) is 0 Å². The smallest absolute Gasteiger partial charge is 0.0845 e. The molecule has 0 aliphatic rings. The van der Waals surface area contributed by atoms with Gasteiger partial charge in [0.15, 0.2) is 0 Å². The second-order valence-electron chi connectivity index (χ2n) is 9.74. The van der Waals surface area contributed by atoms with Crippen LogP contribution in [-0.2, 0) is 6.42 Å². The third-order valence-electron chi connectivity index (χ3n) is 6.16. The van der Waals surface area contributed by atoms with Crippen molar-refractivity contribution in [1.82, 2.24) is 0 Å². The zero-order chi connectivity index (χ0) is 21.5. The Morgan fingerprint density at radius 3 is 1.43 bits per heavy atom. The molecule has 0 heterocycles. The van der Waals surface area contributed by atoms with Crippen molar-refractivity contribution in [2.45, 2.75) is 51.1 Å². The Morgan fingerprint density at radius 1 is 0.600 bits per heavy atom. The summed E-state index contributed by atoms with van der Waals surface area (Å²) < 4.78 is 0. The third-order valence-corrected chi connectivity index (χ3v) is 12.6. The maximum absolute atomic E-state index is 2.59. The molecule has 156 valence electrons. The Balaban J connectivity index is 1.81. The summed E-state index contributed by atoms with van der Waals surface area (Å²) in [6, 6.07) is 35.9. The molecule has 0 aliphatic heterocycles. The molecule has 30 heavy (non-hydrogen) atoms. The summed E-state index contributed by atoms with van der Waals surface area (Å²) in [5.41, 5.74) is 3.12. The van der Waals surface area contributed by atoms with Crippen LogP contribution >= 0.6 is 0 Å². The van der Waals surface area contributed by atoms with Crippen LogP contribution in [0.1, 0.15) is 12.0 Å². The first kappa shape index (κ1) is 22.5. The molecule has 0 saturated heterocycles. The molecule has 0 radical (unpaired) electrons. The van der Waals surface area contributed by atoms with Gasteiger partial charge in [-0.2, -0.15) is 0 Å². The fourth-order valence-corrected chi connectivity index (χ4v) is 10.1. The van der Waals surface area contributed by atoms with E-state index in [-0.39, 0.29) is 0 Å². The van der Waals surface area contributed by atoms with Crippen LogP contribution in [0.3, 0.4) is 0 Å². The molecular formula is C28H36Si2. The molecule has 0 saturated carbocycles. The van der Waals surface area contributed by atoms with Gasteiger partial charge in [0.05, 0.1) is 16.1 Å². The van der Waals surface area contributed by atoms with Crippen molar-refractivity contribution in [1.29, 1.82) is 0 Å². The molecular weight excluding hydrogens is 392 g/mol. The Kier molecular flexibility index (Phi) is 7.68. The lowest BCUT2D eigenvalue weighted by Gasteiger charge is -2.30. The molecule has 0 nitrogen and oxygen atoms in total. The number of hydrogen-bond acceptors (Lipinski definition) is 0. The summed E-state index contributed by atoms with van der Waals surface area (Å²) in [5.74, 6) is 0. The van der Waals surface area contributed by atoms with E-state index >= 15 is 0 Å². The maximum Gasteiger partial charge on any atom is 0.0845 e. The second kappa shape index (κ2) is 10.2. The summed E-state index contributed by atoms with van der Waals surface area (Å²) in [6.07, 6.45) is 4.85. The average molecular weight is 429 g/mol. The van der Waals surface area contributed by atoms with Crippen molar-refractivity contribution < 1.29 is 0 Å². The van der Waals surface area contributed by atoms with E-state index in [2.05, 4.69) is 123 Å². The maximum atomic E-state index is 2.59. The summed E-state index contributed by atoms with van der Waals surface area (Å²) in [5, 5.41) is 3.14. The number of aryl methyl sites for hydroxylation is 1. The minimum Gasteiger partial charge on any atom is -0.0856 e. The van der Waals surface area contributed by atoms with E-state index in [4.69, 9.17) is 0 Å². The van der Waals surface area contributed by atoms with Crippen molar-refractivity contribution in [2.75, 3.05) is 0 Å². The minimum absolute atomic E-state index is 1.13. The highest BCUT2D eigenvalue weighted by atomic mass is 28.3. The van der Waals surface area contributed by atoms with Crippen molar-refractivity contribution in [3.8, 4) is 0 Å². The van der Waals surface area contributed by atoms with E-state index in [0.29, 0.717) is 0 Å². The van der Waals surface area contributed by atoms with E-state index in [1.807, 2.05) is 0 Å². The zero-order valence-corrected chi connectivity index (χ0v) is 21.1. The Labute approximate surface area is 185 Å². The lowest BCUT2D eigenvalue weighted by atomic mass is 10.1. The number of allylic oxidation sites excluding steroid dienone is 2. The van der Waals surface area contributed by atoms with Gasteiger partial charge in [-0.15, -0.1) is 0 Å². The average Bonchev–Trinajstić information content (AvgIpc) is 2.75. The summed E-state index contributed by atoms with van der Waals surface area (Å²) in [4.78, 5) is 0. The second-order valence-corrected chi connectivity index (χ2v) is 19.1. The molecule has 0 atom stereocenters. The van der Waals surface area contributed by atoms with Crippen LogP contribution in [-0.4, -0.2) is 16.1 Å². The largest absolute Gasteiger partial charge is 0.0856 e. The van der Waals surface area contributed by atoms with Crippen LogP contribution in [0.2, 0.25) is 38.3 Å². The Hall–Kier alpha value is -2.17. The lowest BCUT2D eigenvalue weighted by molar-refractivity contribution is 0.985. The van der Waals surface area contributed by atoms with Crippen molar-refractivity contribution in [3.63, 3.8) is 0 Å². The molecule has 3 aromatic carbocycles. The lowest BCUT2D eigenvalue weighted by Crippen LogP contribution is -2.44. The van der Waals surface area contributed by atoms with Gasteiger partial charge in [0, 0.05) is 0 Å². The van der Waals surface area contributed by atoms with Crippen LogP contribution in [0.15, 0.2) is 103 Å². The SMILES string of the molecule is C[Si](C)(CC(=CCCc1ccccc1)C[Si](C)(C)c1ccccc1)c1ccccc1. The van der Waals surface area contributed by atoms with Gasteiger partial charge in [-0.25, -0.2) is 0 Å². The van der Waals surface area contributed by atoms with E-state index in [9.17, 15) is 0 Å². The fourth-order valence-electron chi connectivity index (χ4n) is 4.41. The molecule has 2 heteroatoms.